The van der Waals surface area contributed by atoms with Crippen molar-refractivity contribution < 1.29 is 14.3 Å². The third kappa shape index (κ3) is 3.66. The van der Waals surface area contributed by atoms with Crippen molar-refractivity contribution in [2.45, 2.75) is 13.0 Å². The third-order valence-corrected chi connectivity index (χ3v) is 3.92. The van der Waals surface area contributed by atoms with Gasteiger partial charge in [0.1, 0.15) is 0 Å². The summed E-state index contributed by atoms with van der Waals surface area (Å²) in [7, 11) is 3.15. The quantitative estimate of drug-likeness (QED) is 0.690. The predicted octanol–water partition coefficient (Wildman–Crippen LogP) is 2.64. The molecule has 1 amide bonds. The van der Waals surface area contributed by atoms with Gasteiger partial charge in [0, 0.05) is 12.3 Å². The van der Waals surface area contributed by atoms with Gasteiger partial charge in [-0.2, -0.15) is 0 Å². The highest BCUT2D eigenvalue weighted by Gasteiger charge is 2.14. The fourth-order valence-electron chi connectivity index (χ4n) is 2.61. The van der Waals surface area contributed by atoms with E-state index in [1.165, 1.54) is 6.08 Å². The molecule has 1 aromatic carbocycles. The molecule has 0 saturated heterocycles. The number of rotatable bonds is 6. The highest BCUT2D eigenvalue weighted by molar-refractivity contribution is 5.92. The number of fused-ring (bicyclic) bond motifs is 1. The molecule has 1 atom stereocenters. The average molecular weight is 352 g/mol. The molecule has 7 nitrogen and oxygen atoms in total. The highest BCUT2D eigenvalue weighted by atomic mass is 16.5. The van der Waals surface area contributed by atoms with E-state index >= 15 is 0 Å². The first kappa shape index (κ1) is 17.5. The number of methoxy groups -OCH3 is 2. The molecule has 2 aromatic heterocycles. The first-order valence-corrected chi connectivity index (χ1v) is 8.12. The Hall–Kier alpha value is -3.35. The van der Waals surface area contributed by atoms with Crippen molar-refractivity contribution >= 4 is 17.6 Å². The Kier molecular flexibility index (Phi) is 5.17. The molecule has 0 bridgehead atoms. The van der Waals surface area contributed by atoms with Gasteiger partial charge in [0.25, 0.3) is 0 Å². The van der Waals surface area contributed by atoms with Crippen LogP contribution in [0.4, 0.5) is 0 Å². The number of pyridine rings is 1. The Balaban J connectivity index is 1.69. The third-order valence-electron chi connectivity index (χ3n) is 3.92. The summed E-state index contributed by atoms with van der Waals surface area (Å²) in [6.07, 6.45) is 5.06. The number of benzene rings is 1. The van der Waals surface area contributed by atoms with E-state index < -0.39 is 0 Å². The van der Waals surface area contributed by atoms with Crippen LogP contribution >= 0.6 is 0 Å². The maximum atomic E-state index is 12.2. The zero-order valence-corrected chi connectivity index (χ0v) is 14.8. The maximum absolute atomic E-state index is 12.2. The number of nitrogens with one attached hydrogen (secondary N) is 1. The molecule has 0 spiro atoms. The highest BCUT2D eigenvalue weighted by Crippen LogP contribution is 2.27. The second-order valence-electron chi connectivity index (χ2n) is 5.67. The summed E-state index contributed by atoms with van der Waals surface area (Å²) >= 11 is 0. The molecular weight excluding hydrogens is 332 g/mol. The van der Waals surface area contributed by atoms with E-state index in [-0.39, 0.29) is 11.9 Å². The molecule has 3 aromatic rings. The molecule has 0 saturated carbocycles. The average Bonchev–Trinajstić information content (AvgIpc) is 3.10. The van der Waals surface area contributed by atoms with Gasteiger partial charge in [-0.1, -0.05) is 12.1 Å². The Morgan fingerprint density at radius 3 is 2.73 bits per heavy atom. The van der Waals surface area contributed by atoms with Gasteiger partial charge in [0.05, 0.1) is 20.3 Å². The van der Waals surface area contributed by atoms with Crippen LogP contribution in [0.25, 0.3) is 11.7 Å². The van der Waals surface area contributed by atoms with E-state index in [1.807, 2.05) is 41.8 Å². The summed E-state index contributed by atoms with van der Waals surface area (Å²) in [6, 6.07) is 10.8. The van der Waals surface area contributed by atoms with Crippen LogP contribution in [0.1, 0.15) is 24.4 Å². The number of hydrogen-bond donors (Lipinski definition) is 1. The van der Waals surface area contributed by atoms with E-state index in [4.69, 9.17) is 9.47 Å². The van der Waals surface area contributed by atoms with Crippen LogP contribution in [0.15, 0.2) is 48.7 Å². The molecule has 3 rings (SSSR count). The van der Waals surface area contributed by atoms with Gasteiger partial charge in [-0.25, -0.2) is 0 Å². The SMILES string of the molecule is COc1ccc(/C=C/C(=O)NC(C)c2nnc3ccccn23)cc1OC. The lowest BCUT2D eigenvalue weighted by molar-refractivity contribution is -0.117. The Morgan fingerprint density at radius 2 is 1.96 bits per heavy atom. The summed E-state index contributed by atoms with van der Waals surface area (Å²) in [5, 5.41) is 11.1. The topological polar surface area (TPSA) is 77.8 Å². The van der Waals surface area contributed by atoms with E-state index in [2.05, 4.69) is 15.5 Å². The summed E-state index contributed by atoms with van der Waals surface area (Å²) in [6.45, 7) is 1.87. The van der Waals surface area contributed by atoms with Gasteiger partial charge < -0.3 is 14.8 Å². The maximum Gasteiger partial charge on any atom is 0.244 e. The minimum Gasteiger partial charge on any atom is -0.493 e. The summed E-state index contributed by atoms with van der Waals surface area (Å²) < 4.78 is 12.3. The van der Waals surface area contributed by atoms with Crippen molar-refractivity contribution in [3.05, 3.63) is 60.1 Å². The Labute approximate surface area is 151 Å². The van der Waals surface area contributed by atoms with Crippen molar-refractivity contribution in [1.82, 2.24) is 19.9 Å². The zero-order valence-electron chi connectivity index (χ0n) is 14.8. The first-order valence-electron chi connectivity index (χ1n) is 8.12. The second-order valence-corrected chi connectivity index (χ2v) is 5.67. The van der Waals surface area contributed by atoms with Crippen LogP contribution in [0.3, 0.4) is 0 Å². The van der Waals surface area contributed by atoms with Crippen molar-refractivity contribution in [3.8, 4) is 11.5 Å². The molecule has 1 unspecified atom stereocenters. The van der Waals surface area contributed by atoms with Crippen molar-refractivity contribution in [1.29, 1.82) is 0 Å². The molecule has 134 valence electrons. The number of carbonyl (C=O) groups is 1. The summed E-state index contributed by atoms with van der Waals surface area (Å²) in [5.41, 5.74) is 1.57. The standard InChI is InChI=1S/C19H20N4O3/c1-13(19-22-21-17-6-4-5-11-23(17)19)20-18(24)10-8-14-7-9-15(25-2)16(12-14)26-3/h4-13H,1-3H3,(H,20,24)/b10-8+. The van der Waals surface area contributed by atoms with Crippen LogP contribution < -0.4 is 14.8 Å². The lowest BCUT2D eigenvalue weighted by atomic mass is 10.2. The monoisotopic (exact) mass is 352 g/mol. The largest absolute Gasteiger partial charge is 0.493 e. The zero-order chi connectivity index (χ0) is 18.5. The van der Waals surface area contributed by atoms with E-state index in [9.17, 15) is 4.79 Å². The number of ether oxygens (including phenoxy) is 2. The van der Waals surface area contributed by atoms with Crippen LogP contribution in [0.5, 0.6) is 11.5 Å². The molecule has 0 aliphatic heterocycles. The van der Waals surface area contributed by atoms with E-state index in [0.29, 0.717) is 17.3 Å². The van der Waals surface area contributed by atoms with Crippen molar-refractivity contribution in [2.24, 2.45) is 0 Å². The summed E-state index contributed by atoms with van der Waals surface area (Å²) in [5.74, 6) is 1.70. The molecule has 7 heteroatoms. The lowest BCUT2D eigenvalue weighted by Gasteiger charge is -2.10. The van der Waals surface area contributed by atoms with Gasteiger partial charge in [-0.3, -0.25) is 9.20 Å². The smallest absolute Gasteiger partial charge is 0.244 e. The van der Waals surface area contributed by atoms with E-state index in [1.54, 1.807) is 32.4 Å². The van der Waals surface area contributed by atoms with Gasteiger partial charge in [0.15, 0.2) is 23.0 Å². The minimum atomic E-state index is -0.282. The van der Waals surface area contributed by atoms with E-state index in [0.717, 1.165) is 11.2 Å². The normalized spacial score (nSPS) is 12.3. The van der Waals surface area contributed by atoms with Gasteiger partial charge in [0.2, 0.25) is 5.91 Å². The molecule has 2 heterocycles. The van der Waals surface area contributed by atoms with Crippen molar-refractivity contribution in [2.75, 3.05) is 14.2 Å². The Morgan fingerprint density at radius 1 is 1.15 bits per heavy atom. The number of amides is 1. The van der Waals surface area contributed by atoms with Crippen LogP contribution in [-0.4, -0.2) is 34.7 Å². The number of nitrogens with zero attached hydrogens (tertiary/aromatic N) is 3. The van der Waals surface area contributed by atoms with Gasteiger partial charge in [-0.15, -0.1) is 10.2 Å². The number of hydrogen-bond acceptors (Lipinski definition) is 5. The molecule has 0 fully saturated rings. The molecule has 26 heavy (non-hydrogen) atoms. The predicted molar refractivity (Wildman–Crippen MR) is 98.1 cm³/mol. The van der Waals surface area contributed by atoms with Gasteiger partial charge in [-0.05, 0) is 42.8 Å². The van der Waals surface area contributed by atoms with Gasteiger partial charge >= 0.3 is 0 Å². The molecule has 0 aliphatic rings. The minimum absolute atomic E-state index is 0.222. The lowest BCUT2D eigenvalue weighted by Crippen LogP contribution is -2.26. The van der Waals surface area contributed by atoms with Crippen LogP contribution in [0, 0.1) is 0 Å². The molecule has 0 radical (unpaired) electrons. The van der Waals surface area contributed by atoms with Crippen LogP contribution in [-0.2, 0) is 4.79 Å². The summed E-state index contributed by atoms with van der Waals surface area (Å²) in [4.78, 5) is 12.2. The van der Waals surface area contributed by atoms with Crippen molar-refractivity contribution in [3.63, 3.8) is 0 Å². The fourth-order valence-corrected chi connectivity index (χ4v) is 2.61. The molecule has 0 aliphatic carbocycles. The fraction of sp³-hybridized carbons (Fsp3) is 0.211. The first-order chi connectivity index (χ1) is 12.6. The number of aromatic nitrogens is 3. The molecule has 1 N–H and O–H groups in total. The Bertz CT molecular complexity index is 949. The number of carbonyl (C=O) groups excluding carboxylic acids is 1. The van der Waals surface area contributed by atoms with Crippen LogP contribution in [0.2, 0.25) is 0 Å². The molecular formula is C19H20N4O3. The second kappa shape index (κ2) is 7.69.